The molecule has 4 heteroatoms. The average molecular weight is 505 g/mol. The summed E-state index contributed by atoms with van der Waals surface area (Å²) in [5.41, 5.74) is 22.6. The van der Waals surface area contributed by atoms with E-state index in [1.165, 1.54) is 0 Å². The molecule has 0 aliphatic rings. The molecule has 0 fully saturated rings. The van der Waals surface area contributed by atoms with Gasteiger partial charge in [0.1, 0.15) is 0 Å². The molecule has 1 heterocycles. The number of nitrogens with zero attached hydrogens (tertiary/aromatic N) is 2. The fourth-order valence-electron chi connectivity index (χ4n) is 4.71. The van der Waals surface area contributed by atoms with Gasteiger partial charge >= 0.3 is 0 Å². The highest BCUT2D eigenvalue weighted by Crippen LogP contribution is 2.36. The minimum absolute atomic E-state index is 0.727. The number of benzene rings is 5. The van der Waals surface area contributed by atoms with Crippen LogP contribution in [0, 0.1) is 0 Å². The first kappa shape index (κ1) is 24.0. The van der Waals surface area contributed by atoms with Crippen LogP contribution in [0.3, 0.4) is 0 Å². The minimum atomic E-state index is 0.727. The molecule has 0 unspecified atom stereocenters. The topological polar surface area (TPSA) is 68.2 Å². The van der Waals surface area contributed by atoms with Crippen LogP contribution in [-0.4, -0.2) is 4.98 Å². The highest BCUT2D eigenvalue weighted by molar-refractivity contribution is 5.81. The Balaban J connectivity index is 1.43. The molecule has 0 spiro atoms. The Kier molecular flexibility index (Phi) is 6.50. The number of hydrogen-bond acceptors (Lipinski definition) is 4. The second kappa shape index (κ2) is 10.6. The van der Waals surface area contributed by atoms with E-state index in [0.29, 0.717) is 0 Å². The van der Waals surface area contributed by atoms with E-state index in [-0.39, 0.29) is 0 Å². The quantitative estimate of drug-likeness (QED) is 0.223. The Morgan fingerprint density at radius 3 is 1.21 bits per heavy atom. The Morgan fingerprint density at radius 1 is 0.385 bits per heavy atom. The van der Waals surface area contributed by atoms with Gasteiger partial charge in [-0.1, -0.05) is 72.8 Å². The molecule has 0 aliphatic heterocycles. The molecule has 0 saturated carbocycles. The van der Waals surface area contributed by atoms with Crippen molar-refractivity contribution >= 4 is 28.4 Å². The van der Waals surface area contributed by atoms with Crippen LogP contribution < -0.4 is 16.4 Å². The van der Waals surface area contributed by atoms with Crippen LogP contribution in [0.2, 0.25) is 0 Å². The fraction of sp³-hybridized carbons (Fsp3) is 0. The summed E-state index contributed by atoms with van der Waals surface area (Å²) in [6.45, 7) is 0. The summed E-state index contributed by atoms with van der Waals surface area (Å²) in [6, 6.07) is 49.4. The molecule has 0 bridgehead atoms. The summed E-state index contributed by atoms with van der Waals surface area (Å²) >= 11 is 0. The van der Waals surface area contributed by atoms with Crippen molar-refractivity contribution in [3.05, 3.63) is 146 Å². The monoisotopic (exact) mass is 504 g/mol. The molecule has 0 radical (unpaired) electrons. The lowest BCUT2D eigenvalue weighted by atomic mass is 9.99. The standard InChI is InChI=1S/C35H28N4/c36-29-17-11-26(12-18-29)34-23-28(24-35(38-34)27-13-19-30(37)20-14-27)25-15-21-33(22-16-25)39(31-7-3-1-4-8-31)32-9-5-2-6-10-32/h1-24H,36-37H2. The number of pyridine rings is 1. The van der Waals surface area contributed by atoms with E-state index in [4.69, 9.17) is 16.5 Å². The molecule has 5 aromatic carbocycles. The second-order valence-corrected chi connectivity index (χ2v) is 9.42. The number of nitrogen functional groups attached to an aromatic ring is 2. The predicted octanol–water partition coefficient (Wildman–Crippen LogP) is 8.72. The van der Waals surface area contributed by atoms with Crippen molar-refractivity contribution in [2.24, 2.45) is 0 Å². The van der Waals surface area contributed by atoms with Crippen molar-refractivity contribution in [3.63, 3.8) is 0 Å². The molecule has 6 rings (SSSR count). The zero-order valence-electron chi connectivity index (χ0n) is 21.4. The largest absolute Gasteiger partial charge is 0.399 e. The molecule has 4 nitrogen and oxygen atoms in total. The van der Waals surface area contributed by atoms with Gasteiger partial charge in [-0.25, -0.2) is 4.98 Å². The van der Waals surface area contributed by atoms with E-state index >= 15 is 0 Å². The summed E-state index contributed by atoms with van der Waals surface area (Å²) in [5, 5.41) is 0. The average Bonchev–Trinajstić information content (AvgIpc) is 2.99. The van der Waals surface area contributed by atoms with E-state index in [1.807, 2.05) is 60.7 Å². The number of nitrogens with two attached hydrogens (primary N) is 2. The Hall–Kier alpha value is -5.35. The summed E-state index contributed by atoms with van der Waals surface area (Å²) in [5.74, 6) is 0. The Labute approximate surface area is 228 Å². The van der Waals surface area contributed by atoms with Crippen LogP contribution in [0.25, 0.3) is 33.6 Å². The van der Waals surface area contributed by atoms with Gasteiger partial charge in [-0.2, -0.15) is 0 Å². The SMILES string of the molecule is Nc1ccc(-c2cc(-c3ccc(N(c4ccccc4)c4ccccc4)cc3)cc(-c3ccc(N)cc3)n2)cc1. The summed E-state index contributed by atoms with van der Waals surface area (Å²) < 4.78 is 0. The van der Waals surface area contributed by atoms with Crippen LogP contribution in [0.1, 0.15) is 0 Å². The summed E-state index contributed by atoms with van der Waals surface area (Å²) in [4.78, 5) is 7.25. The van der Waals surface area contributed by atoms with Gasteiger partial charge in [-0.05, 0) is 83.9 Å². The molecule has 39 heavy (non-hydrogen) atoms. The van der Waals surface area contributed by atoms with Gasteiger partial charge in [0.2, 0.25) is 0 Å². The van der Waals surface area contributed by atoms with Gasteiger partial charge in [0.05, 0.1) is 11.4 Å². The zero-order valence-corrected chi connectivity index (χ0v) is 21.4. The van der Waals surface area contributed by atoms with Crippen molar-refractivity contribution in [2.45, 2.75) is 0 Å². The fourth-order valence-corrected chi connectivity index (χ4v) is 4.71. The maximum absolute atomic E-state index is 5.95. The second-order valence-electron chi connectivity index (χ2n) is 9.42. The number of anilines is 5. The first-order valence-corrected chi connectivity index (χ1v) is 12.9. The molecule has 0 saturated heterocycles. The molecule has 0 atom stereocenters. The molecular formula is C35H28N4. The number of rotatable bonds is 6. The van der Waals surface area contributed by atoms with E-state index in [1.54, 1.807) is 0 Å². The first-order valence-electron chi connectivity index (χ1n) is 12.9. The lowest BCUT2D eigenvalue weighted by Gasteiger charge is -2.25. The molecular weight excluding hydrogens is 476 g/mol. The molecule has 0 amide bonds. The normalized spacial score (nSPS) is 10.8. The van der Waals surface area contributed by atoms with E-state index in [0.717, 1.165) is 62.1 Å². The van der Waals surface area contributed by atoms with Gasteiger partial charge in [0, 0.05) is 39.6 Å². The van der Waals surface area contributed by atoms with Gasteiger partial charge in [-0.3, -0.25) is 0 Å². The van der Waals surface area contributed by atoms with Crippen LogP contribution in [0.4, 0.5) is 28.4 Å². The predicted molar refractivity (Wildman–Crippen MR) is 164 cm³/mol. The highest BCUT2D eigenvalue weighted by atomic mass is 15.1. The van der Waals surface area contributed by atoms with Crippen molar-refractivity contribution in [2.75, 3.05) is 16.4 Å². The van der Waals surface area contributed by atoms with Gasteiger partial charge in [0.25, 0.3) is 0 Å². The van der Waals surface area contributed by atoms with Crippen molar-refractivity contribution in [1.82, 2.24) is 4.98 Å². The highest BCUT2D eigenvalue weighted by Gasteiger charge is 2.13. The third kappa shape index (κ3) is 5.22. The molecule has 1 aromatic heterocycles. The third-order valence-corrected chi connectivity index (χ3v) is 6.73. The van der Waals surface area contributed by atoms with E-state index in [9.17, 15) is 0 Å². The molecule has 0 aliphatic carbocycles. The van der Waals surface area contributed by atoms with Crippen LogP contribution in [-0.2, 0) is 0 Å². The molecule has 188 valence electrons. The summed E-state index contributed by atoms with van der Waals surface area (Å²) in [7, 11) is 0. The first-order chi connectivity index (χ1) is 19.1. The van der Waals surface area contributed by atoms with Crippen LogP contribution >= 0.6 is 0 Å². The van der Waals surface area contributed by atoms with Crippen molar-refractivity contribution < 1.29 is 0 Å². The van der Waals surface area contributed by atoms with Crippen LogP contribution in [0.15, 0.2) is 146 Å². The molecule has 6 aromatic rings. The lowest BCUT2D eigenvalue weighted by molar-refractivity contribution is 1.28. The maximum Gasteiger partial charge on any atom is 0.0715 e. The lowest BCUT2D eigenvalue weighted by Crippen LogP contribution is -2.09. The van der Waals surface area contributed by atoms with Crippen molar-refractivity contribution in [1.29, 1.82) is 0 Å². The van der Waals surface area contributed by atoms with E-state index in [2.05, 4.69) is 89.8 Å². The van der Waals surface area contributed by atoms with Crippen molar-refractivity contribution in [3.8, 4) is 33.6 Å². The smallest absolute Gasteiger partial charge is 0.0715 e. The van der Waals surface area contributed by atoms with Crippen LogP contribution in [0.5, 0.6) is 0 Å². The summed E-state index contributed by atoms with van der Waals surface area (Å²) in [6.07, 6.45) is 0. The third-order valence-electron chi connectivity index (χ3n) is 6.73. The Bertz CT molecular complexity index is 1570. The van der Waals surface area contributed by atoms with Gasteiger partial charge in [0.15, 0.2) is 0 Å². The zero-order chi connectivity index (χ0) is 26.6. The number of para-hydroxylation sites is 2. The van der Waals surface area contributed by atoms with E-state index < -0.39 is 0 Å². The van der Waals surface area contributed by atoms with Gasteiger partial charge in [-0.15, -0.1) is 0 Å². The minimum Gasteiger partial charge on any atom is -0.399 e. The molecule has 4 N–H and O–H groups in total. The number of hydrogen-bond donors (Lipinski definition) is 2. The maximum atomic E-state index is 5.95. The Morgan fingerprint density at radius 2 is 0.769 bits per heavy atom. The van der Waals surface area contributed by atoms with Gasteiger partial charge < -0.3 is 16.4 Å². The number of aromatic nitrogens is 1.